The number of hydrogen-bond acceptors (Lipinski definition) is 5. The summed E-state index contributed by atoms with van der Waals surface area (Å²) in [6.07, 6.45) is 4.20. The first-order valence-electron chi connectivity index (χ1n) is 13.0. The van der Waals surface area contributed by atoms with Crippen molar-refractivity contribution in [2.24, 2.45) is 17.4 Å². The Morgan fingerprint density at radius 3 is 2.13 bits per heavy atom. The van der Waals surface area contributed by atoms with Crippen LogP contribution in [-0.2, 0) is 16.0 Å². The molecule has 8 heteroatoms. The first-order valence-corrected chi connectivity index (χ1v) is 13.0. The van der Waals surface area contributed by atoms with Gasteiger partial charge in [-0.1, -0.05) is 55.0 Å². The number of nitrogens with two attached hydrogens (primary N) is 2. The van der Waals surface area contributed by atoms with E-state index in [9.17, 15) is 14.4 Å². The smallest absolute Gasteiger partial charge is 0.415 e. The molecule has 1 atom stereocenters. The highest BCUT2D eigenvalue weighted by Gasteiger charge is 2.22. The second-order valence-corrected chi connectivity index (χ2v) is 9.03. The highest BCUT2D eigenvalue weighted by atomic mass is 16.6. The predicted octanol–water partition coefficient (Wildman–Crippen LogP) is 5.85. The predicted molar refractivity (Wildman–Crippen MR) is 158 cm³/mol. The van der Waals surface area contributed by atoms with E-state index in [1.54, 1.807) is 18.3 Å². The molecule has 2 aromatic rings. The van der Waals surface area contributed by atoms with Crippen LogP contribution >= 0.6 is 0 Å². The number of rotatable bonds is 10. The molecule has 2 rings (SSSR count). The minimum Gasteiger partial charge on any atom is -0.481 e. The number of carboxylic acids is 1. The standard InChI is InChI=1S/C16H24N2O3.C12H15NO2.C3H6/c1-5-13(15(17)19)10-18(6-2)16(20)21-14-8-7-11(3)9-12(14)4;1-9(8-13)11-5-2-10(3-6-11)4-7-12(14)15;1-3-2/h7-9,13H,5-6,10H2,1-4H3,(H2,17,19);2-3,5-6,8H,4,7,13H2,1H3,(H,14,15);3H,1H2,2H3/b;9-8-;. The Labute approximate surface area is 233 Å². The number of hydrogen-bond donors (Lipinski definition) is 3. The number of amides is 2. The molecule has 2 aromatic carbocycles. The summed E-state index contributed by atoms with van der Waals surface area (Å²) in [5, 5.41) is 8.53. The van der Waals surface area contributed by atoms with Crippen molar-refractivity contribution in [2.45, 2.75) is 60.8 Å². The molecule has 2 amide bonds. The van der Waals surface area contributed by atoms with Crippen LogP contribution in [0.1, 0.15) is 62.8 Å². The van der Waals surface area contributed by atoms with Crippen molar-refractivity contribution in [3.63, 3.8) is 0 Å². The molecule has 0 saturated carbocycles. The van der Waals surface area contributed by atoms with E-state index in [4.69, 9.17) is 21.3 Å². The Bertz CT molecular complexity index is 1090. The largest absolute Gasteiger partial charge is 0.481 e. The van der Waals surface area contributed by atoms with Crippen molar-refractivity contribution in [2.75, 3.05) is 13.1 Å². The molecule has 39 heavy (non-hydrogen) atoms. The highest BCUT2D eigenvalue weighted by molar-refractivity contribution is 5.78. The average Bonchev–Trinajstić information content (AvgIpc) is 2.90. The van der Waals surface area contributed by atoms with Crippen LogP contribution in [0.25, 0.3) is 5.57 Å². The van der Waals surface area contributed by atoms with Gasteiger partial charge in [0.1, 0.15) is 5.75 Å². The zero-order chi connectivity index (χ0) is 30.0. The van der Waals surface area contributed by atoms with Gasteiger partial charge in [0.15, 0.2) is 0 Å². The number of nitrogens with zero attached hydrogens (tertiary/aromatic N) is 1. The van der Waals surface area contributed by atoms with Crippen molar-refractivity contribution in [3.8, 4) is 5.75 Å². The first-order chi connectivity index (χ1) is 18.4. The van der Waals surface area contributed by atoms with Gasteiger partial charge in [0.2, 0.25) is 5.91 Å². The number of primary amides is 1. The molecular weight excluding hydrogens is 494 g/mol. The summed E-state index contributed by atoms with van der Waals surface area (Å²) in [5.74, 6) is -0.972. The zero-order valence-electron chi connectivity index (χ0n) is 24.2. The maximum absolute atomic E-state index is 12.2. The third-order valence-electron chi connectivity index (χ3n) is 5.79. The minimum atomic E-state index is -0.767. The molecule has 5 N–H and O–H groups in total. The Morgan fingerprint density at radius 2 is 1.69 bits per heavy atom. The summed E-state index contributed by atoms with van der Waals surface area (Å²) >= 11 is 0. The lowest BCUT2D eigenvalue weighted by atomic mass is 10.0. The quantitative estimate of drug-likeness (QED) is 0.324. The molecule has 0 spiro atoms. The number of carbonyl (C=O) groups is 3. The fourth-order valence-corrected chi connectivity index (χ4v) is 3.37. The third kappa shape index (κ3) is 13.9. The van der Waals surface area contributed by atoms with Gasteiger partial charge in [-0.05, 0) is 82.0 Å². The van der Waals surface area contributed by atoms with Gasteiger partial charge in [0.25, 0.3) is 0 Å². The number of ether oxygens (including phenoxy) is 1. The van der Waals surface area contributed by atoms with Crippen LogP contribution in [0.4, 0.5) is 4.79 Å². The van der Waals surface area contributed by atoms with Gasteiger partial charge in [-0.25, -0.2) is 4.79 Å². The maximum Gasteiger partial charge on any atom is 0.415 e. The van der Waals surface area contributed by atoms with Crippen LogP contribution in [-0.4, -0.2) is 41.1 Å². The van der Waals surface area contributed by atoms with E-state index >= 15 is 0 Å². The second-order valence-electron chi connectivity index (χ2n) is 9.03. The van der Waals surface area contributed by atoms with Crippen LogP contribution in [0.5, 0.6) is 5.75 Å². The third-order valence-corrected chi connectivity index (χ3v) is 5.79. The van der Waals surface area contributed by atoms with Gasteiger partial charge in [-0.3, -0.25) is 9.59 Å². The summed E-state index contributed by atoms with van der Waals surface area (Å²) in [6, 6.07) is 13.4. The highest BCUT2D eigenvalue weighted by Crippen LogP contribution is 2.20. The molecule has 0 radical (unpaired) electrons. The molecule has 0 fully saturated rings. The van der Waals surface area contributed by atoms with Crippen molar-refractivity contribution in [1.82, 2.24) is 4.90 Å². The van der Waals surface area contributed by atoms with Gasteiger partial charge in [0, 0.05) is 19.5 Å². The first kappa shape index (κ1) is 34.9. The van der Waals surface area contributed by atoms with Crippen molar-refractivity contribution in [3.05, 3.63) is 83.6 Å². The summed E-state index contributed by atoms with van der Waals surface area (Å²) < 4.78 is 5.41. The number of allylic oxidation sites excluding steroid dienone is 2. The minimum absolute atomic E-state index is 0.172. The fourth-order valence-electron chi connectivity index (χ4n) is 3.37. The molecule has 0 bridgehead atoms. The molecule has 0 aliphatic rings. The molecule has 0 aliphatic heterocycles. The lowest BCUT2D eigenvalue weighted by Crippen LogP contribution is -2.41. The van der Waals surface area contributed by atoms with Crippen LogP contribution in [0, 0.1) is 19.8 Å². The number of carboxylic acid groups (broad SMARTS) is 1. The Morgan fingerprint density at radius 1 is 1.10 bits per heavy atom. The van der Waals surface area contributed by atoms with E-state index in [2.05, 4.69) is 6.58 Å². The van der Waals surface area contributed by atoms with E-state index in [1.165, 1.54) is 4.90 Å². The molecule has 0 saturated heterocycles. The molecule has 0 aliphatic carbocycles. The summed E-state index contributed by atoms with van der Waals surface area (Å²) in [6.45, 7) is 15.5. The van der Waals surface area contributed by atoms with Gasteiger partial charge >= 0.3 is 12.1 Å². The Hall–Kier alpha value is -4.07. The summed E-state index contributed by atoms with van der Waals surface area (Å²) in [4.78, 5) is 35.4. The van der Waals surface area contributed by atoms with Crippen molar-refractivity contribution in [1.29, 1.82) is 0 Å². The summed E-state index contributed by atoms with van der Waals surface area (Å²) in [7, 11) is 0. The number of aliphatic carboxylic acids is 1. The topological polar surface area (TPSA) is 136 Å². The van der Waals surface area contributed by atoms with Gasteiger partial charge in [-0.15, -0.1) is 6.58 Å². The van der Waals surface area contributed by atoms with Gasteiger partial charge < -0.3 is 26.2 Å². The molecule has 0 heterocycles. The van der Waals surface area contributed by atoms with E-state index < -0.39 is 18.0 Å². The van der Waals surface area contributed by atoms with Gasteiger partial charge in [0.05, 0.1) is 5.92 Å². The van der Waals surface area contributed by atoms with Crippen LogP contribution in [0.3, 0.4) is 0 Å². The van der Waals surface area contributed by atoms with Crippen LogP contribution in [0.2, 0.25) is 0 Å². The fraction of sp³-hybridized carbons (Fsp3) is 0.387. The van der Waals surface area contributed by atoms with Crippen molar-refractivity contribution < 1.29 is 24.2 Å². The maximum atomic E-state index is 12.2. The lowest BCUT2D eigenvalue weighted by Gasteiger charge is -2.24. The van der Waals surface area contributed by atoms with Crippen molar-refractivity contribution >= 4 is 23.5 Å². The zero-order valence-corrected chi connectivity index (χ0v) is 24.2. The normalized spacial score (nSPS) is 11.1. The Kier molecular flexibility index (Phi) is 17.1. The van der Waals surface area contributed by atoms with E-state index in [0.29, 0.717) is 25.1 Å². The average molecular weight is 540 g/mol. The number of benzene rings is 2. The molecule has 8 nitrogen and oxygen atoms in total. The van der Waals surface area contributed by atoms with E-state index in [-0.39, 0.29) is 18.9 Å². The lowest BCUT2D eigenvalue weighted by molar-refractivity contribution is -0.137. The second kappa shape index (κ2) is 19.1. The molecular formula is C31H45N3O5. The monoisotopic (exact) mass is 539 g/mol. The van der Waals surface area contributed by atoms with E-state index in [1.807, 2.05) is 77.9 Å². The summed E-state index contributed by atoms with van der Waals surface area (Å²) in [5.41, 5.74) is 15.9. The molecule has 0 aromatic heterocycles. The number of carbonyl (C=O) groups excluding carboxylic acids is 2. The SMILES string of the molecule is C/C(=C/N)c1ccc(CCC(=O)O)cc1.C=CC.CCC(CN(CC)C(=O)Oc1ccc(C)cc1C)C(N)=O. The molecule has 214 valence electrons. The Balaban J connectivity index is 0.000000702. The molecule has 1 unspecified atom stereocenters. The van der Waals surface area contributed by atoms with Crippen LogP contribution in [0.15, 0.2) is 61.3 Å². The van der Waals surface area contributed by atoms with Crippen LogP contribution < -0.4 is 16.2 Å². The van der Waals surface area contributed by atoms with E-state index in [0.717, 1.165) is 27.8 Å². The van der Waals surface area contributed by atoms with Gasteiger partial charge in [-0.2, -0.15) is 0 Å². The number of aryl methyl sites for hydroxylation is 3.